The fraction of sp³-hybridized carbons (Fsp3) is 0.176. The lowest BCUT2D eigenvalue weighted by molar-refractivity contribution is -0.139. The van der Waals surface area contributed by atoms with Crippen molar-refractivity contribution in [3.63, 3.8) is 0 Å². The van der Waals surface area contributed by atoms with Crippen molar-refractivity contribution in [1.29, 1.82) is 0 Å². The van der Waals surface area contributed by atoms with Gasteiger partial charge in [-0.1, -0.05) is 18.2 Å². The van der Waals surface area contributed by atoms with Crippen LogP contribution in [0.15, 0.2) is 54.6 Å². The molecule has 0 aliphatic carbocycles. The van der Waals surface area contributed by atoms with Gasteiger partial charge in [0.15, 0.2) is 6.10 Å². The standard InChI is InChI=1S/C17H17NO5/c1-12(17(21)18-11-16(19)20)22-14-7-9-15(10-8-14)23-13-5-3-2-4-6-13/h2-10,12H,11H2,1H3,(H,18,21)(H,19,20). The van der Waals surface area contributed by atoms with E-state index >= 15 is 0 Å². The van der Waals surface area contributed by atoms with Crippen LogP contribution >= 0.6 is 0 Å². The van der Waals surface area contributed by atoms with Crippen LogP contribution in [0.2, 0.25) is 0 Å². The van der Waals surface area contributed by atoms with Gasteiger partial charge >= 0.3 is 5.97 Å². The molecule has 0 bridgehead atoms. The van der Waals surface area contributed by atoms with E-state index in [4.69, 9.17) is 14.6 Å². The first-order valence-corrected chi connectivity index (χ1v) is 7.04. The van der Waals surface area contributed by atoms with Crippen molar-refractivity contribution < 1.29 is 24.2 Å². The lowest BCUT2D eigenvalue weighted by atomic mass is 10.3. The summed E-state index contributed by atoms with van der Waals surface area (Å²) in [5.41, 5.74) is 0. The Morgan fingerprint density at radius 2 is 1.57 bits per heavy atom. The van der Waals surface area contributed by atoms with Crippen LogP contribution in [0.25, 0.3) is 0 Å². The molecular weight excluding hydrogens is 298 g/mol. The number of carboxylic acids is 1. The molecule has 2 aromatic rings. The SMILES string of the molecule is CC(Oc1ccc(Oc2ccccc2)cc1)C(=O)NCC(=O)O. The zero-order valence-corrected chi connectivity index (χ0v) is 12.6. The Morgan fingerprint density at radius 1 is 1.00 bits per heavy atom. The van der Waals surface area contributed by atoms with E-state index in [9.17, 15) is 9.59 Å². The first-order valence-electron chi connectivity index (χ1n) is 7.04. The second-order valence-electron chi connectivity index (χ2n) is 4.76. The third-order valence-electron chi connectivity index (χ3n) is 2.90. The smallest absolute Gasteiger partial charge is 0.322 e. The second-order valence-corrected chi connectivity index (χ2v) is 4.76. The van der Waals surface area contributed by atoms with Crippen molar-refractivity contribution in [2.24, 2.45) is 0 Å². The Kier molecular flexibility index (Phi) is 5.57. The summed E-state index contributed by atoms with van der Waals surface area (Å²) in [6.07, 6.45) is -0.796. The van der Waals surface area contributed by atoms with E-state index in [2.05, 4.69) is 5.32 Å². The fourth-order valence-corrected chi connectivity index (χ4v) is 1.77. The summed E-state index contributed by atoms with van der Waals surface area (Å²) < 4.78 is 11.1. The summed E-state index contributed by atoms with van der Waals surface area (Å²) in [5.74, 6) is 0.266. The number of hydrogen-bond donors (Lipinski definition) is 2. The zero-order valence-electron chi connectivity index (χ0n) is 12.6. The maximum atomic E-state index is 11.6. The van der Waals surface area contributed by atoms with Crippen LogP contribution < -0.4 is 14.8 Å². The summed E-state index contributed by atoms with van der Waals surface area (Å²) in [6.45, 7) is 1.11. The number of nitrogens with one attached hydrogen (secondary N) is 1. The Balaban J connectivity index is 1.89. The molecule has 0 aliphatic heterocycles. The van der Waals surface area contributed by atoms with Crippen molar-refractivity contribution in [3.05, 3.63) is 54.6 Å². The largest absolute Gasteiger partial charge is 0.481 e. The minimum Gasteiger partial charge on any atom is -0.481 e. The van der Waals surface area contributed by atoms with Crippen molar-refractivity contribution >= 4 is 11.9 Å². The Labute approximate surface area is 133 Å². The first-order chi connectivity index (χ1) is 11.0. The lowest BCUT2D eigenvalue weighted by Gasteiger charge is -2.14. The number of amides is 1. The molecule has 0 fully saturated rings. The molecule has 0 radical (unpaired) electrons. The number of benzene rings is 2. The highest BCUT2D eigenvalue weighted by Gasteiger charge is 2.15. The molecule has 0 heterocycles. The number of carbonyl (C=O) groups excluding carboxylic acids is 1. The molecule has 2 aromatic carbocycles. The highest BCUT2D eigenvalue weighted by atomic mass is 16.5. The van der Waals surface area contributed by atoms with Gasteiger partial charge in [0.05, 0.1) is 0 Å². The average molecular weight is 315 g/mol. The molecule has 0 spiro atoms. The fourth-order valence-electron chi connectivity index (χ4n) is 1.77. The Morgan fingerprint density at radius 3 is 2.17 bits per heavy atom. The third kappa shape index (κ3) is 5.35. The molecule has 1 unspecified atom stereocenters. The van der Waals surface area contributed by atoms with Gasteiger partial charge < -0.3 is 19.9 Å². The van der Waals surface area contributed by atoms with Gasteiger partial charge in [0, 0.05) is 0 Å². The predicted octanol–water partition coefficient (Wildman–Crippen LogP) is 2.45. The van der Waals surface area contributed by atoms with Crippen LogP contribution in [-0.4, -0.2) is 29.6 Å². The Hall–Kier alpha value is -3.02. The van der Waals surface area contributed by atoms with Crippen molar-refractivity contribution in [2.75, 3.05) is 6.54 Å². The number of carbonyl (C=O) groups is 2. The molecule has 1 amide bonds. The number of hydrogen-bond acceptors (Lipinski definition) is 4. The topological polar surface area (TPSA) is 84.9 Å². The first kappa shape index (κ1) is 16.4. The molecule has 2 rings (SSSR count). The van der Waals surface area contributed by atoms with Gasteiger partial charge in [-0.2, -0.15) is 0 Å². The Bertz CT molecular complexity index is 654. The molecule has 0 saturated heterocycles. The van der Waals surface area contributed by atoms with Crippen LogP contribution in [-0.2, 0) is 9.59 Å². The van der Waals surface area contributed by atoms with Gasteiger partial charge in [-0.3, -0.25) is 9.59 Å². The van der Waals surface area contributed by atoms with Gasteiger partial charge in [-0.25, -0.2) is 0 Å². The molecule has 120 valence electrons. The number of ether oxygens (including phenoxy) is 2. The van der Waals surface area contributed by atoms with Gasteiger partial charge in [-0.05, 0) is 43.3 Å². The third-order valence-corrected chi connectivity index (χ3v) is 2.90. The monoisotopic (exact) mass is 315 g/mol. The molecule has 1 atom stereocenters. The number of carboxylic acid groups (broad SMARTS) is 1. The normalized spacial score (nSPS) is 11.3. The number of aliphatic carboxylic acids is 1. The summed E-state index contributed by atoms with van der Waals surface area (Å²) in [6, 6.07) is 16.2. The van der Waals surface area contributed by atoms with E-state index in [1.807, 2.05) is 30.3 Å². The summed E-state index contributed by atoms with van der Waals surface area (Å²) in [7, 11) is 0. The molecule has 23 heavy (non-hydrogen) atoms. The molecule has 6 nitrogen and oxygen atoms in total. The highest BCUT2D eigenvalue weighted by molar-refractivity contribution is 5.84. The molecule has 0 aromatic heterocycles. The van der Waals surface area contributed by atoms with E-state index in [-0.39, 0.29) is 0 Å². The van der Waals surface area contributed by atoms with E-state index < -0.39 is 24.5 Å². The molecule has 0 aliphatic rings. The van der Waals surface area contributed by atoms with E-state index in [0.29, 0.717) is 11.5 Å². The molecule has 6 heteroatoms. The van der Waals surface area contributed by atoms with E-state index in [1.54, 1.807) is 31.2 Å². The van der Waals surface area contributed by atoms with Gasteiger partial charge in [-0.15, -0.1) is 0 Å². The van der Waals surface area contributed by atoms with Gasteiger partial charge in [0.25, 0.3) is 5.91 Å². The van der Waals surface area contributed by atoms with Crippen molar-refractivity contribution in [2.45, 2.75) is 13.0 Å². The number of para-hydroxylation sites is 1. The maximum absolute atomic E-state index is 11.6. The van der Waals surface area contributed by atoms with Crippen LogP contribution in [0, 0.1) is 0 Å². The van der Waals surface area contributed by atoms with Gasteiger partial charge in [0.1, 0.15) is 23.8 Å². The van der Waals surface area contributed by atoms with Crippen molar-refractivity contribution in [1.82, 2.24) is 5.32 Å². The van der Waals surface area contributed by atoms with Crippen LogP contribution in [0.4, 0.5) is 0 Å². The van der Waals surface area contributed by atoms with Crippen LogP contribution in [0.5, 0.6) is 17.2 Å². The minimum absolute atomic E-state index is 0.434. The van der Waals surface area contributed by atoms with Crippen LogP contribution in [0.3, 0.4) is 0 Å². The predicted molar refractivity (Wildman–Crippen MR) is 83.7 cm³/mol. The molecule has 0 saturated carbocycles. The van der Waals surface area contributed by atoms with E-state index in [0.717, 1.165) is 5.75 Å². The minimum atomic E-state index is -1.10. The number of rotatable bonds is 7. The van der Waals surface area contributed by atoms with Crippen molar-refractivity contribution in [3.8, 4) is 17.2 Å². The second kappa shape index (κ2) is 7.84. The highest BCUT2D eigenvalue weighted by Crippen LogP contribution is 2.23. The molecular formula is C17H17NO5. The average Bonchev–Trinajstić information content (AvgIpc) is 2.55. The maximum Gasteiger partial charge on any atom is 0.322 e. The van der Waals surface area contributed by atoms with E-state index in [1.165, 1.54) is 0 Å². The van der Waals surface area contributed by atoms with Crippen LogP contribution in [0.1, 0.15) is 6.92 Å². The summed E-state index contributed by atoms with van der Waals surface area (Å²) in [5, 5.41) is 10.8. The summed E-state index contributed by atoms with van der Waals surface area (Å²) >= 11 is 0. The quantitative estimate of drug-likeness (QED) is 0.820. The lowest BCUT2D eigenvalue weighted by Crippen LogP contribution is -2.39. The van der Waals surface area contributed by atoms with Gasteiger partial charge in [0.2, 0.25) is 0 Å². The zero-order chi connectivity index (χ0) is 16.7. The summed E-state index contributed by atoms with van der Waals surface area (Å²) in [4.78, 5) is 22.0. The molecule has 2 N–H and O–H groups in total.